The minimum Gasteiger partial charge on any atom is -0.495 e. The van der Waals surface area contributed by atoms with Gasteiger partial charge in [-0.1, -0.05) is 0 Å². The standard InChI is InChI=1S/C11H9BrINO2/c1-15-8-5-6(12)11(16-2)9-7(13)3-4-14-10(8)9/h3-5H,1-2H3. The van der Waals surface area contributed by atoms with Gasteiger partial charge in [0.2, 0.25) is 0 Å². The molecule has 84 valence electrons. The second-order valence-electron chi connectivity index (χ2n) is 3.11. The molecule has 5 heteroatoms. The molecule has 0 aliphatic rings. The first-order valence-electron chi connectivity index (χ1n) is 4.53. The summed E-state index contributed by atoms with van der Waals surface area (Å²) >= 11 is 5.73. The summed E-state index contributed by atoms with van der Waals surface area (Å²) in [6.07, 6.45) is 1.76. The zero-order chi connectivity index (χ0) is 11.7. The van der Waals surface area contributed by atoms with Crippen molar-refractivity contribution in [2.75, 3.05) is 14.2 Å². The molecule has 2 aromatic rings. The van der Waals surface area contributed by atoms with Gasteiger partial charge in [0.25, 0.3) is 0 Å². The third kappa shape index (κ3) is 1.86. The van der Waals surface area contributed by atoms with E-state index in [1.54, 1.807) is 20.4 Å². The van der Waals surface area contributed by atoms with Crippen LogP contribution in [0.1, 0.15) is 0 Å². The molecule has 0 aliphatic heterocycles. The number of fused-ring (bicyclic) bond motifs is 1. The Hall–Kier alpha value is -0.560. The van der Waals surface area contributed by atoms with E-state index >= 15 is 0 Å². The van der Waals surface area contributed by atoms with Crippen LogP contribution >= 0.6 is 38.5 Å². The number of halogens is 2. The Morgan fingerprint density at radius 2 is 2.06 bits per heavy atom. The van der Waals surface area contributed by atoms with Gasteiger partial charge in [0.1, 0.15) is 17.0 Å². The van der Waals surface area contributed by atoms with Crippen LogP contribution in [0.4, 0.5) is 0 Å². The maximum absolute atomic E-state index is 5.39. The van der Waals surface area contributed by atoms with Crippen LogP contribution in [0, 0.1) is 3.57 Å². The van der Waals surface area contributed by atoms with Crippen molar-refractivity contribution in [2.24, 2.45) is 0 Å². The SMILES string of the molecule is COc1cc(Br)c(OC)c2c(I)ccnc12. The molecular formula is C11H9BrINO2. The average molecular weight is 394 g/mol. The van der Waals surface area contributed by atoms with Crippen molar-refractivity contribution < 1.29 is 9.47 Å². The van der Waals surface area contributed by atoms with Crippen molar-refractivity contribution in [3.05, 3.63) is 26.4 Å². The molecule has 1 aromatic carbocycles. The summed E-state index contributed by atoms with van der Waals surface area (Å²) in [6.45, 7) is 0. The molecular weight excluding hydrogens is 385 g/mol. The Labute approximate surface area is 115 Å². The lowest BCUT2D eigenvalue weighted by Crippen LogP contribution is -1.94. The second kappa shape index (κ2) is 4.75. The van der Waals surface area contributed by atoms with Crippen LogP contribution in [0.5, 0.6) is 11.5 Å². The van der Waals surface area contributed by atoms with Crippen LogP contribution in [0.15, 0.2) is 22.8 Å². The van der Waals surface area contributed by atoms with E-state index in [1.807, 2.05) is 12.1 Å². The molecule has 3 nitrogen and oxygen atoms in total. The zero-order valence-electron chi connectivity index (χ0n) is 8.75. The quantitative estimate of drug-likeness (QED) is 0.730. The van der Waals surface area contributed by atoms with Crippen LogP contribution in [-0.4, -0.2) is 19.2 Å². The smallest absolute Gasteiger partial charge is 0.146 e. The van der Waals surface area contributed by atoms with Crippen LogP contribution in [0.2, 0.25) is 0 Å². The fourth-order valence-electron chi connectivity index (χ4n) is 1.56. The second-order valence-corrected chi connectivity index (χ2v) is 5.13. The third-order valence-electron chi connectivity index (χ3n) is 2.26. The average Bonchev–Trinajstić information content (AvgIpc) is 2.29. The maximum atomic E-state index is 5.39. The van der Waals surface area contributed by atoms with Gasteiger partial charge in [-0.15, -0.1) is 0 Å². The van der Waals surface area contributed by atoms with E-state index in [-0.39, 0.29) is 0 Å². The monoisotopic (exact) mass is 393 g/mol. The number of ether oxygens (including phenoxy) is 2. The van der Waals surface area contributed by atoms with Crippen LogP contribution in [0.25, 0.3) is 10.9 Å². The first-order valence-corrected chi connectivity index (χ1v) is 6.41. The van der Waals surface area contributed by atoms with Gasteiger partial charge in [-0.2, -0.15) is 0 Å². The number of aromatic nitrogens is 1. The molecule has 0 bridgehead atoms. The predicted molar refractivity (Wildman–Crippen MR) is 75.3 cm³/mol. The molecule has 0 spiro atoms. The fourth-order valence-corrected chi connectivity index (χ4v) is 2.79. The first kappa shape index (κ1) is 11.9. The van der Waals surface area contributed by atoms with Gasteiger partial charge < -0.3 is 9.47 Å². The number of hydrogen-bond donors (Lipinski definition) is 0. The minimum atomic E-state index is 0.737. The molecule has 0 saturated heterocycles. The van der Waals surface area contributed by atoms with Crippen LogP contribution < -0.4 is 9.47 Å². The van der Waals surface area contributed by atoms with Gasteiger partial charge >= 0.3 is 0 Å². The number of rotatable bonds is 2. The van der Waals surface area contributed by atoms with Crippen LogP contribution in [-0.2, 0) is 0 Å². The van der Waals surface area contributed by atoms with E-state index in [9.17, 15) is 0 Å². The summed E-state index contributed by atoms with van der Waals surface area (Å²) in [6, 6.07) is 3.81. The molecule has 0 unspecified atom stereocenters. The molecule has 0 amide bonds. The van der Waals surface area contributed by atoms with Crippen molar-refractivity contribution in [1.82, 2.24) is 4.98 Å². The number of nitrogens with zero attached hydrogens (tertiary/aromatic N) is 1. The molecule has 0 radical (unpaired) electrons. The third-order valence-corrected chi connectivity index (χ3v) is 3.75. The first-order chi connectivity index (χ1) is 7.69. The van der Waals surface area contributed by atoms with Crippen molar-refractivity contribution in [1.29, 1.82) is 0 Å². The Balaban J connectivity index is 2.94. The molecule has 0 saturated carbocycles. The van der Waals surface area contributed by atoms with Gasteiger partial charge in [0.05, 0.1) is 24.1 Å². The summed E-state index contributed by atoms with van der Waals surface area (Å²) in [5.41, 5.74) is 0.814. The molecule has 2 rings (SSSR count). The predicted octanol–water partition coefficient (Wildman–Crippen LogP) is 3.62. The van der Waals surface area contributed by atoms with Gasteiger partial charge in [-0.05, 0) is 44.6 Å². The van der Waals surface area contributed by atoms with Crippen molar-refractivity contribution >= 4 is 49.4 Å². The summed E-state index contributed by atoms with van der Waals surface area (Å²) in [5, 5.41) is 0.969. The van der Waals surface area contributed by atoms with Crippen molar-refractivity contribution in [3.63, 3.8) is 0 Å². The topological polar surface area (TPSA) is 31.4 Å². The van der Waals surface area contributed by atoms with E-state index in [1.165, 1.54) is 0 Å². The lowest BCUT2D eigenvalue weighted by molar-refractivity contribution is 0.407. The molecule has 1 heterocycles. The number of hydrogen-bond acceptors (Lipinski definition) is 3. The summed E-state index contributed by atoms with van der Waals surface area (Å²) in [5.74, 6) is 1.52. The lowest BCUT2D eigenvalue weighted by Gasteiger charge is -2.12. The zero-order valence-corrected chi connectivity index (χ0v) is 12.5. The van der Waals surface area contributed by atoms with E-state index < -0.39 is 0 Å². The van der Waals surface area contributed by atoms with Gasteiger partial charge in [-0.25, -0.2) is 0 Å². The van der Waals surface area contributed by atoms with E-state index in [0.29, 0.717) is 0 Å². The number of benzene rings is 1. The summed E-state index contributed by atoms with van der Waals surface area (Å²) in [7, 11) is 3.28. The van der Waals surface area contributed by atoms with E-state index in [0.717, 1.165) is 30.4 Å². The number of pyridine rings is 1. The summed E-state index contributed by atoms with van der Waals surface area (Å²) < 4.78 is 12.7. The lowest BCUT2D eigenvalue weighted by atomic mass is 10.2. The highest BCUT2D eigenvalue weighted by molar-refractivity contribution is 14.1. The minimum absolute atomic E-state index is 0.737. The maximum Gasteiger partial charge on any atom is 0.146 e. The van der Waals surface area contributed by atoms with Crippen molar-refractivity contribution in [2.45, 2.75) is 0 Å². The Kier molecular flexibility index (Phi) is 3.53. The van der Waals surface area contributed by atoms with E-state index in [4.69, 9.17) is 9.47 Å². The van der Waals surface area contributed by atoms with Crippen molar-refractivity contribution in [3.8, 4) is 11.5 Å². The normalized spacial score (nSPS) is 10.5. The molecule has 1 aromatic heterocycles. The highest BCUT2D eigenvalue weighted by Crippen LogP contribution is 2.40. The molecule has 0 fully saturated rings. The summed E-state index contributed by atoms with van der Waals surface area (Å²) in [4.78, 5) is 4.33. The molecule has 16 heavy (non-hydrogen) atoms. The Morgan fingerprint density at radius 3 is 2.69 bits per heavy atom. The molecule has 0 N–H and O–H groups in total. The highest BCUT2D eigenvalue weighted by Gasteiger charge is 2.14. The number of methoxy groups -OCH3 is 2. The van der Waals surface area contributed by atoms with E-state index in [2.05, 4.69) is 43.5 Å². The van der Waals surface area contributed by atoms with Crippen LogP contribution in [0.3, 0.4) is 0 Å². The molecule has 0 aliphatic carbocycles. The largest absolute Gasteiger partial charge is 0.495 e. The van der Waals surface area contributed by atoms with Gasteiger partial charge in [-0.3, -0.25) is 4.98 Å². The van der Waals surface area contributed by atoms with Gasteiger partial charge in [0.15, 0.2) is 0 Å². The Morgan fingerprint density at radius 1 is 1.31 bits per heavy atom. The van der Waals surface area contributed by atoms with Gasteiger partial charge in [0, 0.05) is 15.8 Å². The Bertz CT molecular complexity index is 545. The highest BCUT2D eigenvalue weighted by atomic mass is 127. The molecule has 0 atom stereocenters. The fraction of sp³-hybridized carbons (Fsp3) is 0.182.